The van der Waals surface area contributed by atoms with Crippen LogP contribution in [0, 0.1) is 0 Å². The molecule has 0 aliphatic carbocycles. The molecule has 0 unspecified atom stereocenters. The van der Waals surface area contributed by atoms with Crippen molar-refractivity contribution in [2.24, 2.45) is 5.16 Å². The standard InChI is InChI=1S/C12H10N2O6/c1-18-7-5-3-4-6-10(7)20-12(16)8(13-6)9(14-17)11(15)19-2/h3-5,17H,1-2H3. The van der Waals surface area contributed by atoms with E-state index >= 15 is 0 Å². The van der Waals surface area contributed by atoms with Gasteiger partial charge in [0.05, 0.1) is 14.2 Å². The number of carbonyl (C=O) groups is 1. The van der Waals surface area contributed by atoms with Crippen molar-refractivity contribution in [1.82, 2.24) is 4.98 Å². The van der Waals surface area contributed by atoms with Crippen molar-refractivity contribution < 1.29 is 23.9 Å². The van der Waals surface area contributed by atoms with Crippen molar-refractivity contribution in [2.45, 2.75) is 0 Å². The molecule has 1 aromatic heterocycles. The van der Waals surface area contributed by atoms with Gasteiger partial charge in [-0.2, -0.15) is 0 Å². The zero-order valence-corrected chi connectivity index (χ0v) is 10.6. The van der Waals surface area contributed by atoms with E-state index < -0.39 is 23.0 Å². The van der Waals surface area contributed by atoms with Crippen LogP contribution in [0.3, 0.4) is 0 Å². The van der Waals surface area contributed by atoms with E-state index in [1.807, 2.05) is 0 Å². The summed E-state index contributed by atoms with van der Waals surface area (Å²) in [6.07, 6.45) is 0. The van der Waals surface area contributed by atoms with Gasteiger partial charge >= 0.3 is 11.6 Å². The molecule has 2 aromatic rings. The van der Waals surface area contributed by atoms with Crippen LogP contribution in [0.2, 0.25) is 0 Å². The molecule has 8 nitrogen and oxygen atoms in total. The second-order valence-corrected chi connectivity index (χ2v) is 3.60. The number of aromatic nitrogens is 1. The molecular weight excluding hydrogens is 268 g/mol. The number of esters is 1. The normalized spacial score (nSPS) is 11.4. The molecule has 0 spiro atoms. The number of ether oxygens (including phenoxy) is 2. The first kappa shape index (κ1) is 13.5. The summed E-state index contributed by atoms with van der Waals surface area (Å²) >= 11 is 0. The topological polar surface area (TPSA) is 111 Å². The number of hydrogen-bond acceptors (Lipinski definition) is 8. The number of fused-ring (bicyclic) bond motifs is 1. The predicted octanol–water partition coefficient (Wildman–Crippen LogP) is 0.548. The Morgan fingerprint density at radius 2 is 2.15 bits per heavy atom. The van der Waals surface area contributed by atoms with Crippen molar-refractivity contribution in [3.05, 3.63) is 34.3 Å². The summed E-state index contributed by atoms with van der Waals surface area (Å²) in [6, 6.07) is 4.77. The van der Waals surface area contributed by atoms with Crippen LogP contribution in [0.25, 0.3) is 11.1 Å². The first-order chi connectivity index (χ1) is 9.62. The number of nitrogens with zero attached hydrogens (tertiary/aromatic N) is 2. The van der Waals surface area contributed by atoms with Crippen molar-refractivity contribution >= 4 is 22.8 Å². The molecule has 104 valence electrons. The van der Waals surface area contributed by atoms with Crippen LogP contribution in [0.15, 0.2) is 32.6 Å². The minimum atomic E-state index is -1.01. The van der Waals surface area contributed by atoms with E-state index in [4.69, 9.17) is 14.4 Å². The minimum Gasteiger partial charge on any atom is -0.493 e. The highest BCUT2D eigenvalue weighted by Crippen LogP contribution is 2.22. The fourth-order valence-electron chi connectivity index (χ4n) is 1.59. The van der Waals surface area contributed by atoms with E-state index in [1.165, 1.54) is 7.11 Å². The third kappa shape index (κ3) is 2.18. The first-order valence-electron chi connectivity index (χ1n) is 5.41. The number of para-hydroxylation sites is 1. The summed E-state index contributed by atoms with van der Waals surface area (Å²) in [4.78, 5) is 27.2. The summed E-state index contributed by atoms with van der Waals surface area (Å²) in [6.45, 7) is 0. The van der Waals surface area contributed by atoms with Crippen molar-refractivity contribution in [3.63, 3.8) is 0 Å². The Bertz CT molecular complexity index is 749. The zero-order chi connectivity index (χ0) is 14.7. The first-order valence-corrected chi connectivity index (χ1v) is 5.41. The lowest BCUT2D eigenvalue weighted by Gasteiger charge is -2.05. The largest absolute Gasteiger partial charge is 0.493 e. The summed E-state index contributed by atoms with van der Waals surface area (Å²) in [5.41, 5.74) is -1.62. The van der Waals surface area contributed by atoms with Gasteiger partial charge in [-0.15, -0.1) is 0 Å². The predicted molar refractivity (Wildman–Crippen MR) is 67.2 cm³/mol. The summed E-state index contributed by atoms with van der Waals surface area (Å²) in [7, 11) is 2.50. The van der Waals surface area contributed by atoms with Crippen LogP contribution >= 0.6 is 0 Å². The molecule has 0 saturated carbocycles. The number of benzene rings is 1. The number of rotatable bonds is 3. The minimum absolute atomic E-state index is 0.130. The molecule has 0 saturated heterocycles. The van der Waals surface area contributed by atoms with Gasteiger partial charge in [-0.05, 0) is 12.1 Å². The van der Waals surface area contributed by atoms with Crippen LogP contribution < -0.4 is 10.4 Å². The fourth-order valence-corrected chi connectivity index (χ4v) is 1.59. The van der Waals surface area contributed by atoms with E-state index in [0.717, 1.165) is 7.11 Å². The molecule has 0 aliphatic rings. The van der Waals surface area contributed by atoms with E-state index in [9.17, 15) is 9.59 Å². The smallest absolute Gasteiger partial charge is 0.365 e. The quantitative estimate of drug-likeness (QED) is 0.377. The molecule has 0 aliphatic heterocycles. The van der Waals surface area contributed by atoms with Gasteiger partial charge in [0.2, 0.25) is 5.71 Å². The molecule has 0 radical (unpaired) electrons. The average Bonchev–Trinajstić information content (AvgIpc) is 2.47. The van der Waals surface area contributed by atoms with Gasteiger partial charge in [0.1, 0.15) is 5.52 Å². The Kier molecular flexibility index (Phi) is 3.65. The Balaban J connectivity index is 2.71. The lowest BCUT2D eigenvalue weighted by molar-refractivity contribution is -0.132. The van der Waals surface area contributed by atoms with Crippen molar-refractivity contribution in [1.29, 1.82) is 0 Å². The zero-order valence-electron chi connectivity index (χ0n) is 10.6. The molecular formula is C12H10N2O6. The molecule has 0 atom stereocenters. The number of carbonyl (C=O) groups excluding carboxylic acids is 1. The Labute approximate surface area is 112 Å². The molecule has 2 rings (SSSR count). The number of hydrogen-bond donors (Lipinski definition) is 1. The highest BCUT2D eigenvalue weighted by Gasteiger charge is 2.23. The average molecular weight is 278 g/mol. The van der Waals surface area contributed by atoms with Gasteiger partial charge < -0.3 is 19.1 Å². The molecule has 0 amide bonds. The highest BCUT2D eigenvalue weighted by atomic mass is 16.5. The second-order valence-electron chi connectivity index (χ2n) is 3.60. The monoisotopic (exact) mass is 278 g/mol. The fraction of sp³-hybridized carbons (Fsp3) is 0.167. The Morgan fingerprint density at radius 3 is 2.75 bits per heavy atom. The van der Waals surface area contributed by atoms with E-state index in [2.05, 4.69) is 14.9 Å². The third-order valence-electron chi connectivity index (χ3n) is 2.50. The van der Waals surface area contributed by atoms with Crippen LogP contribution in [-0.4, -0.2) is 36.1 Å². The maximum absolute atomic E-state index is 11.8. The summed E-state index contributed by atoms with van der Waals surface area (Å²) in [5, 5.41) is 11.5. The van der Waals surface area contributed by atoms with Gasteiger partial charge in [-0.3, -0.25) is 0 Å². The number of methoxy groups -OCH3 is 2. The highest BCUT2D eigenvalue weighted by molar-refractivity contribution is 6.42. The van der Waals surface area contributed by atoms with Crippen molar-refractivity contribution in [3.8, 4) is 5.75 Å². The second kappa shape index (κ2) is 5.39. The van der Waals surface area contributed by atoms with Crippen LogP contribution in [-0.2, 0) is 9.53 Å². The van der Waals surface area contributed by atoms with Gasteiger partial charge in [-0.25, -0.2) is 14.6 Å². The molecule has 1 N–H and O–H groups in total. The SMILES string of the molecule is COC(=O)C(=NO)c1nc2cccc(OC)c2oc1=O. The summed E-state index contributed by atoms with van der Waals surface area (Å²) in [5.74, 6) is -0.686. The summed E-state index contributed by atoms with van der Waals surface area (Å²) < 4.78 is 14.5. The van der Waals surface area contributed by atoms with Gasteiger partial charge in [0, 0.05) is 0 Å². The number of oxime groups is 1. The lowest BCUT2D eigenvalue weighted by atomic mass is 10.2. The maximum Gasteiger partial charge on any atom is 0.365 e. The molecule has 1 aromatic carbocycles. The molecule has 1 heterocycles. The van der Waals surface area contributed by atoms with Gasteiger partial charge in [-0.1, -0.05) is 11.2 Å². The van der Waals surface area contributed by atoms with E-state index in [1.54, 1.807) is 18.2 Å². The molecule has 20 heavy (non-hydrogen) atoms. The Morgan fingerprint density at radius 1 is 1.40 bits per heavy atom. The van der Waals surface area contributed by atoms with E-state index in [-0.39, 0.29) is 11.1 Å². The van der Waals surface area contributed by atoms with Crippen molar-refractivity contribution in [2.75, 3.05) is 14.2 Å². The Hall–Kier alpha value is -2.90. The van der Waals surface area contributed by atoms with E-state index in [0.29, 0.717) is 5.75 Å². The van der Waals surface area contributed by atoms with Crippen LogP contribution in [0.5, 0.6) is 5.75 Å². The molecule has 0 bridgehead atoms. The molecule has 8 heteroatoms. The van der Waals surface area contributed by atoms with Gasteiger partial charge in [0.15, 0.2) is 17.0 Å². The van der Waals surface area contributed by atoms with Crippen LogP contribution in [0.4, 0.5) is 0 Å². The maximum atomic E-state index is 11.8. The third-order valence-corrected chi connectivity index (χ3v) is 2.50. The van der Waals surface area contributed by atoms with Gasteiger partial charge in [0.25, 0.3) is 0 Å². The molecule has 0 fully saturated rings. The lowest BCUT2D eigenvalue weighted by Crippen LogP contribution is -2.25. The van der Waals surface area contributed by atoms with Crippen LogP contribution in [0.1, 0.15) is 5.69 Å².